The summed E-state index contributed by atoms with van der Waals surface area (Å²) in [7, 11) is 1.42. The predicted octanol–water partition coefficient (Wildman–Crippen LogP) is 2.38. The number of rotatable bonds is 2. The van der Waals surface area contributed by atoms with Crippen molar-refractivity contribution in [3.8, 4) is 11.8 Å². The van der Waals surface area contributed by atoms with Crippen LogP contribution in [0.4, 0.5) is 4.39 Å². The van der Waals surface area contributed by atoms with Crippen LogP contribution in [0.1, 0.15) is 5.56 Å². The first-order valence-electron chi connectivity index (χ1n) is 4.47. The third kappa shape index (κ3) is 1.42. The maximum Gasteiger partial charge on any atom is 0.178 e. The number of benzene rings is 1. The number of nitriles is 1. The summed E-state index contributed by atoms with van der Waals surface area (Å²) in [5.74, 6) is -0.216. The molecule has 0 saturated heterocycles. The molecule has 2 rings (SSSR count). The van der Waals surface area contributed by atoms with Crippen LogP contribution in [0.25, 0.3) is 10.9 Å². The lowest BCUT2D eigenvalue weighted by Gasteiger charge is -2.02. The number of nitrogens with one attached hydrogen (secondary N) is 1. The Morgan fingerprint density at radius 2 is 2.33 bits per heavy atom. The Morgan fingerprint density at radius 3 is 3.00 bits per heavy atom. The molecule has 2 aromatic rings. The van der Waals surface area contributed by atoms with Gasteiger partial charge in [0.05, 0.1) is 25.1 Å². The smallest absolute Gasteiger partial charge is 0.178 e. The summed E-state index contributed by atoms with van der Waals surface area (Å²) in [6.07, 6.45) is 2.00. The minimum absolute atomic E-state index is 0.191. The maximum absolute atomic E-state index is 13.3. The molecule has 15 heavy (non-hydrogen) atoms. The van der Waals surface area contributed by atoms with Crippen molar-refractivity contribution >= 4 is 10.9 Å². The van der Waals surface area contributed by atoms with E-state index in [0.717, 1.165) is 10.9 Å². The molecule has 76 valence electrons. The molecule has 0 aliphatic heterocycles. The van der Waals surface area contributed by atoms with Gasteiger partial charge in [0.25, 0.3) is 0 Å². The van der Waals surface area contributed by atoms with Crippen LogP contribution in [0, 0.1) is 17.1 Å². The monoisotopic (exact) mass is 204 g/mol. The topological polar surface area (TPSA) is 48.8 Å². The van der Waals surface area contributed by atoms with E-state index in [1.165, 1.54) is 13.2 Å². The average Bonchev–Trinajstić information content (AvgIpc) is 2.62. The predicted molar refractivity (Wildman–Crippen MR) is 54.1 cm³/mol. The highest BCUT2D eigenvalue weighted by Crippen LogP contribution is 2.29. The van der Waals surface area contributed by atoms with Gasteiger partial charge >= 0.3 is 0 Å². The van der Waals surface area contributed by atoms with Crippen molar-refractivity contribution in [2.45, 2.75) is 6.42 Å². The number of fused-ring (bicyclic) bond motifs is 1. The molecule has 0 aliphatic rings. The number of aromatic nitrogens is 1. The summed E-state index contributed by atoms with van der Waals surface area (Å²) < 4.78 is 18.3. The Balaban J connectivity index is 2.70. The van der Waals surface area contributed by atoms with Crippen molar-refractivity contribution in [1.29, 1.82) is 5.26 Å². The van der Waals surface area contributed by atoms with Gasteiger partial charge in [-0.3, -0.25) is 0 Å². The van der Waals surface area contributed by atoms with Gasteiger partial charge in [0, 0.05) is 11.6 Å². The molecule has 0 radical (unpaired) electrons. The summed E-state index contributed by atoms with van der Waals surface area (Å²) in [5.41, 5.74) is 1.45. The van der Waals surface area contributed by atoms with E-state index in [1.807, 2.05) is 0 Å². The van der Waals surface area contributed by atoms with Crippen LogP contribution in [0.15, 0.2) is 18.3 Å². The summed E-state index contributed by atoms with van der Waals surface area (Å²) in [6.45, 7) is 0. The first-order valence-corrected chi connectivity index (χ1v) is 4.47. The second kappa shape index (κ2) is 3.62. The molecule has 0 bridgehead atoms. The van der Waals surface area contributed by atoms with Gasteiger partial charge in [-0.1, -0.05) is 0 Å². The van der Waals surface area contributed by atoms with Gasteiger partial charge in [0.2, 0.25) is 0 Å². The van der Waals surface area contributed by atoms with Crippen LogP contribution in [-0.4, -0.2) is 12.1 Å². The standard InChI is InChI=1S/C11H9FN2O/c1-15-11-9(12)3-2-8-7(4-5-13)6-14-10(8)11/h2-3,6,14H,4H2,1H3. The second-order valence-electron chi connectivity index (χ2n) is 3.15. The molecular weight excluding hydrogens is 195 g/mol. The Hall–Kier alpha value is -2.02. The summed E-state index contributed by atoms with van der Waals surface area (Å²) in [6, 6.07) is 5.05. The summed E-state index contributed by atoms with van der Waals surface area (Å²) >= 11 is 0. The number of nitrogens with zero attached hydrogens (tertiary/aromatic N) is 1. The second-order valence-corrected chi connectivity index (χ2v) is 3.15. The normalized spacial score (nSPS) is 10.2. The fourth-order valence-electron chi connectivity index (χ4n) is 1.64. The lowest BCUT2D eigenvalue weighted by atomic mass is 10.1. The molecule has 1 aromatic carbocycles. The van der Waals surface area contributed by atoms with Gasteiger partial charge in [0.15, 0.2) is 11.6 Å². The minimum Gasteiger partial charge on any atom is -0.492 e. The molecule has 0 saturated carbocycles. The van der Waals surface area contributed by atoms with E-state index in [1.54, 1.807) is 12.3 Å². The van der Waals surface area contributed by atoms with Crippen LogP contribution in [0.2, 0.25) is 0 Å². The first-order chi connectivity index (χ1) is 7.27. The van der Waals surface area contributed by atoms with Gasteiger partial charge in [0.1, 0.15) is 0 Å². The van der Waals surface area contributed by atoms with Crippen molar-refractivity contribution < 1.29 is 9.13 Å². The van der Waals surface area contributed by atoms with E-state index in [-0.39, 0.29) is 5.75 Å². The van der Waals surface area contributed by atoms with Crippen molar-refractivity contribution in [2.75, 3.05) is 7.11 Å². The fraction of sp³-hybridized carbons (Fsp3) is 0.182. The number of ether oxygens (including phenoxy) is 1. The Bertz CT molecular complexity index is 539. The zero-order valence-electron chi connectivity index (χ0n) is 8.17. The molecule has 0 fully saturated rings. The number of methoxy groups -OCH3 is 1. The van der Waals surface area contributed by atoms with E-state index < -0.39 is 5.82 Å². The molecule has 0 spiro atoms. The van der Waals surface area contributed by atoms with E-state index in [2.05, 4.69) is 11.1 Å². The number of halogens is 1. The van der Waals surface area contributed by atoms with Crippen molar-refractivity contribution in [1.82, 2.24) is 4.98 Å². The highest BCUT2D eigenvalue weighted by molar-refractivity contribution is 5.88. The van der Waals surface area contributed by atoms with E-state index in [9.17, 15) is 4.39 Å². The molecule has 0 amide bonds. The molecule has 0 aliphatic carbocycles. The highest BCUT2D eigenvalue weighted by Gasteiger charge is 2.11. The molecule has 1 N–H and O–H groups in total. The van der Waals surface area contributed by atoms with Crippen LogP contribution in [0.5, 0.6) is 5.75 Å². The molecule has 3 nitrogen and oxygen atoms in total. The third-order valence-electron chi connectivity index (χ3n) is 2.32. The van der Waals surface area contributed by atoms with Gasteiger partial charge in [-0.25, -0.2) is 4.39 Å². The third-order valence-corrected chi connectivity index (χ3v) is 2.32. The van der Waals surface area contributed by atoms with E-state index in [4.69, 9.17) is 10.00 Å². The highest BCUT2D eigenvalue weighted by atomic mass is 19.1. The molecule has 4 heteroatoms. The molecule has 0 atom stereocenters. The van der Waals surface area contributed by atoms with Crippen molar-refractivity contribution in [2.24, 2.45) is 0 Å². The quantitative estimate of drug-likeness (QED) is 0.816. The van der Waals surface area contributed by atoms with Crippen LogP contribution >= 0.6 is 0 Å². The van der Waals surface area contributed by atoms with Crippen LogP contribution in [-0.2, 0) is 6.42 Å². The largest absolute Gasteiger partial charge is 0.492 e. The molecule has 1 aromatic heterocycles. The van der Waals surface area contributed by atoms with Gasteiger partial charge in [-0.05, 0) is 17.7 Å². The number of aromatic amines is 1. The minimum atomic E-state index is -0.407. The van der Waals surface area contributed by atoms with Gasteiger partial charge in [-0.2, -0.15) is 5.26 Å². The van der Waals surface area contributed by atoms with Crippen molar-refractivity contribution in [3.63, 3.8) is 0 Å². The molecule has 1 heterocycles. The number of hydrogen-bond acceptors (Lipinski definition) is 2. The fourth-order valence-corrected chi connectivity index (χ4v) is 1.64. The molecule has 0 unspecified atom stereocenters. The average molecular weight is 204 g/mol. The zero-order chi connectivity index (χ0) is 10.8. The summed E-state index contributed by atoms with van der Waals surface area (Å²) in [4.78, 5) is 2.92. The number of hydrogen-bond donors (Lipinski definition) is 1. The van der Waals surface area contributed by atoms with Crippen LogP contribution in [0.3, 0.4) is 0 Å². The Kier molecular flexibility index (Phi) is 2.30. The summed E-state index contributed by atoms with van der Waals surface area (Å²) in [5, 5.41) is 9.44. The first kappa shape index (κ1) is 9.53. The maximum atomic E-state index is 13.3. The number of H-pyrrole nitrogens is 1. The van der Waals surface area contributed by atoms with Crippen molar-refractivity contribution in [3.05, 3.63) is 29.7 Å². The molecular formula is C11H9FN2O. The van der Waals surface area contributed by atoms with E-state index in [0.29, 0.717) is 11.9 Å². The zero-order valence-corrected chi connectivity index (χ0v) is 8.17. The van der Waals surface area contributed by atoms with Crippen LogP contribution < -0.4 is 4.74 Å². The Morgan fingerprint density at radius 1 is 1.53 bits per heavy atom. The van der Waals surface area contributed by atoms with Gasteiger partial charge < -0.3 is 9.72 Å². The SMILES string of the molecule is COc1c(F)ccc2c(CC#N)c[nH]c12. The van der Waals surface area contributed by atoms with Gasteiger partial charge in [-0.15, -0.1) is 0 Å². The van der Waals surface area contributed by atoms with E-state index >= 15 is 0 Å². The lowest BCUT2D eigenvalue weighted by Crippen LogP contribution is -1.89. The Labute approximate surface area is 86.1 Å². The lowest BCUT2D eigenvalue weighted by molar-refractivity contribution is 0.391.